The average Bonchev–Trinajstić information content (AvgIpc) is 2.57. The van der Waals surface area contributed by atoms with Crippen molar-refractivity contribution in [3.63, 3.8) is 0 Å². The Morgan fingerprint density at radius 3 is 2.93 bits per heavy atom. The fourth-order valence-electron chi connectivity index (χ4n) is 1.47. The number of nitrogens with one attached hydrogen (secondary N) is 1. The topological polar surface area (TPSA) is 50.1 Å². The molecule has 0 bridgehead atoms. The first-order valence-electron chi connectivity index (χ1n) is 5.30. The molecule has 0 saturated carbocycles. The average molecular weight is 276 g/mol. The van der Waals surface area contributed by atoms with E-state index in [2.05, 4.69) is 33.3 Å². The van der Waals surface area contributed by atoms with Gasteiger partial charge in [0.05, 0.1) is 16.4 Å². The molecule has 1 aromatic rings. The molecule has 0 fully saturated rings. The van der Waals surface area contributed by atoms with Crippen LogP contribution in [-0.2, 0) is 6.54 Å². The zero-order valence-corrected chi connectivity index (χ0v) is 10.8. The number of aliphatic hydroxyl groups is 1. The quantitative estimate of drug-likeness (QED) is 0.831. The second-order valence-corrected chi connectivity index (χ2v) is 4.28. The van der Waals surface area contributed by atoms with E-state index < -0.39 is 6.10 Å². The summed E-state index contributed by atoms with van der Waals surface area (Å²) < 4.78 is 2.73. The van der Waals surface area contributed by atoms with E-state index in [1.165, 1.54) is 0 Å². The molecule has 1 atom stereocenters. The first-order chi connectivity index (χ1) is 7.20. The third-order valence-electron chi connectivity index (χ3n) is 2.17. The summed E-state index contributed by atoms with van der Waals surface area (Å²) >= 11 is 3.41. The summed E-state index contributed by atoms with van der Waals surface area (Å²) in [5.74, 6) is 0. The molecule has 5 heteroatoms. The maximum atomic E-state index is 9.98. The van der Waals surface area contributed by atoms with Gasteiger partial charge in [0.1, 0.15) is 6.10 Å². The lowest BCUT2D eigenvalue weighted by Gasteiger charge is -2.14. The first kappa shape index (κ1) is 12.7. The van der Waals surface area contributed by atoms with Crippen molar-refractivity contribution in [1.82, 2.24) is 15.1 Å². The van der Waals surface area contributed by atoms with Crippen LogP contribution >= 0.6 is 15.9 Å². The highest BCUT2D eigenvalue weighted by molar-refractivity contribution is 9.10. The number of halogens is 1. The van der Waals surface area contributed by atoms with E-state index in [1.807, 2.05) is 11.6 Å². The lowest BCUT2D eigenvalue weighted by molar-refractivity contribution is 0.163. The Labute approximate surface area is 98.8 Å². The Morgan fingerprint density at radius 1 is 1.60 bits per heavy atom. The molecule has 0 aliphatic carbocycles. The minimum absolute atomic E-state index is 0.506. The third-order valence-corrected chi connectivity index (χ3v) is 2.78. The van der Waals surface area contributed by atoms with E-state index >= 15 is 0 Å². The van der Waals surface area contributed by atoms with Gasteiger partial charge >= 0.3 is 0 Å². The molecule has 1 aromatic heterocycles. The predicted octanol–water partition coefficient (Wildman–Crippen LogP) is 1.70. The van der Waals surface area contributed by atoms with Crippen LogP contribution in [-0.4, -0.2) is 28.0 Å². The molecule has 0 amide bonds. The van der Waals surface area contributed by atoms with Crippen LogP contribution in [0.25, 0.3) is 0 Å². The molecule has 1 heterocycles. The van der Waals surface area contributed by atoms with Crippen molar-refractivity contribution < 1.29 is 5.11 Å². The second kappa shape index (κ2) is 6.25. The zero-order valence-electron chi connectivity index (χ0n) is 9.20. The van der Waals surface area contributed by atoms with Crippen molar-refractivity contribution in [2.75, 3.05) is 13.1 Å². The van der Waals surface area contributed by atoms with Crippen LogP contribution in [0.3, 0.4) is 0 Å². The number of aromatic nitrogens is 2. The van der Waals surface area contributed by atoms with Gasteiger partial charge in [0.25, 0.3) is 0 Å². The molecule has 15 heavy (non-hydrogen) atoms. The number of aliphatic hydroxyl groups excluding tert-OH is 1. The molecular formula is C10H18BrN3O. The van der Waals surface area contributed by atoms with Gasteiger partial charge in [-0.25, -0.2) is 0 Å². The van der Waals surface area contributed by atoms with Crippen LogP contribution in [0, 0.1) is 0 Å². The summed E-state index contributed by atoms with van der Waals surface area (Å²) in [7, 11) is 0. The summed E-state index contributed by atoms with van der Waals surface area (Å²) in [6.45, 7) is 6.37. The number of nitrogens with zero attached hydrogens (tertiary/aromatic N) is 2. The Bertz CT molecular complexity index is 301. The molecular weight excluding hydrogens is 258 g/mol. The Kier molecular flexibility index (Phi) is 5.28. The molecule has 0 radical (unpaired) electrons. The van der Waals surface area contributed by atoms with Gasteiger partial charge in [-0.3, -0.25) is 4.68 Å². The molecule has 0 aliphatic rings. The smallest absolute Gasteiger partial charge is 0.109 e. The molecule has 4 nitrogen and oxygen atoms in total. The van der Waals surface area contributed by atoms with E-state index in [4.69, 9.17) is 0 Å². The highest BCUT2D eigenvalue weighted by Crippen LogP contribution is 2.23. The van der Waals surface area contributed by atoms with Crippen molar-refractivity contribution in [3.05, 3.63) is 16.4 Å². The van der Waals surface area contributed by atoms with Crippen LogP contribution in [0.15, 0.2) is 10.7 Å². The predicted molar refractivity (Wildman–Crippen MR) is 63.7 cm³/mol. The van der Waals surface area contributed by atoms with Crippen LogP contribution in [0.5, 0.6) is 0 Å². The standard InChI is InChI=1S/C10H18BrN3O/c1-3-5-14-10(8(11)6-13-14)9(15)7-12-4-2/h6,9,12,15H,3-5,7H2,1-2H3. The minimum Gasteiger partial charge on any atom is -0.385 e. The molecule has 0 saturated heterocycles. The normalized spacial score (nSPS) is 13.1. The summed E-state index contributed by atoms with van der Waals surface area (Å²) in [6.07, 6.45) is 2.24. The van der Waals surface area contributed by atoms with E-state index in [1.54, 1.807) is 6.20 Å². The Balaban J connectivity index is 2.75. The minimum atomic E-state index is -0.506. The molecule has 1 rings (SSSR count). The summed E-state index contributed by atoms with van der Waals surface area (Å²) in [4.78, 5) is 0. The number of hydrogen-bond donors (Lipinski definition) is 2. The van der Waals surface area contributed by atoms with Crippen molar-refractivity contribution >= 4 is 15.9 Å². The van der Waals surface area contributed by atoms with Crippen molar-refractivity contribution in [1.29, 1.82) is 0 Å². The molecule has 0 aliphatic heterocycles. The zero-order chi connectivity index (χ0) is 11.3. The lowest BCUT2D eigenvalue weighted by Crippen LogP contribution is -2.23. The van der Waals surface area contributed by atoms with Gasteiger partial charge in [0, 0.05) is 13.1 Å². The fraction of sp³-hybridized carbons (Fsp3) is 0.700. The number of hydrogen-bond acceptors (Lipinski definition) is 3. The first-order valence-corrected chi connectivity index (χ1v) is 6.10. The largest absolute Gasteiger partial charge is 0.385 e. The molecule has 1 unspecified atom stereocenters. The van der Waals surface area contributed by atoms with Crippen LogP contribution in [0.1, 0.15) is 32.1 Å². The second-order valence-electron chi connectivity index (χ2n) is 3.42. The molecule has 86 valence electrons. The van der Waals surface area contributed by atoms with E-state index in [9.17, 15) is 5.11 Å². The van der Waals surface area contributed by atoms with Gasteiger partial charge in [-0.05, 0) is 28.9 Å². The van der Waals surface area contributed by atoms with Gasteiger partial charge < -0.3 is 10.4 Å². The van der Waals surface area contributed by atoms with Crippen LogP contribution < -0.4 is 5.32 Å². The molecule has 0 aromatic carbocycles. The van der Waals surface area contributed by atoms with Crippen LogP contribution in [0.4, 0.5) is 0 Å². The van der Waals surface area contributed by atoms with Crippen molar-refractivity contribution in [3.8, 4) is 0 Å². The van der Waals surface area contributed by atoms with Crippen LogP contribution in [0.2, 0.25) is 0 Å². The van der Waals surface area contributed by atoms with Gasteiger partial charge in [-0.2, -0.15) is 5.10 Å². The fourth-order valence-corrected chi connectivity index (χ4v) is 2.03. The van der Waals surface area contributed by atoms with Gasteiger partial charge in [0.15, 0.2) is 0 Å². The maximum Gasteiger partial charge on any atom is 0.109 e. The van der Waals surface area contributed by atoms with E-state index in [-0.39, 0.29) is 0 Å². The number of aryl methyl sites for hydroxylation is 1. The number of rotatable bonds is 6. The summed E-state index contributed by atoms with van der Waals surface area (Å²) in [6, 6.07) is 0. The highest BCUT2D eigenvalue weighted by atomic mass is 79.9. The van der Waals surface area contributed by atoms with E-state index in [0.29, 0.717) is 6.54 Å². The molecule has 2 N–H and O–H groups in total. The van der Waals surface area contributed by atoms with Gasteiger partial charge in [-0.1, -0.05) is 13.8 Å². The number of likely N-dealkylation sites (N-methyl/N-ethyl adjacent to an activating group) is 1. The summed E-state index contributed by atoms with van der Waals surface area (Å²) in [5.41, 5.74) is 0.859. The third kappa shape index (κ3) is 3.29. The van der Waals surface area contributed by atoms with Crippen molar-refractivity contribution in [2.24, 2.45) is 0 Å². The van der Waals surface area contributed by atoms with Crippen molar-refractivity contribution in [2.45, 2.75) is 32.9 Å². The highest BCUT2D eigenvalue weighted by Gasteiger charge is 2.16. The summed E-state index contributed by atoms with van der Waals surface area (Å²) in [5, 5.41) is 17.3. The Hall–Kier alpha value is -0.390. The molecule has 0 spiro atoms. The SMILES string of the molecule is CCCn1ncc(Br)c1C(O)CNCC. The van der Waals surface area contributed by atoms with Gasteiger partial charge in [0.2, 0.25) is 0 Å². The van der Waals surface area contributed by atoms with Gasteiger partial charge in [-0.15, -0.1) is 0 Å². The lowest BCUT2D eigenvalue weighted by atomic mass is 10.2. The Morgan fingerprint density at radius 2 is 2.33 bits per heavy atom. The maximum absolute atomic E-state index is 9.98. The monoisotopic (exact) mass is 275 g/mol. The van der Waals surface area contributed by atoms with E-state index in [0.717, 1.165) is 29.7 Å².